The molecule has 20 heavy (non-hydrogen) atoms. The number of hydrogen-bond donors (Lipinski definition) is 2. The molecule has 0 aromatic heterocycles. The quantitative estimate of drug-likeness (QED) is 0.827. The van der Waals surface area contributed by atoms with Crippen LogP contribution in [0.4, 0.5) is 0 Å². The molecule has 110 valence electrons. The first-order chi connectivity index (χ1) is 9.41. The van der Waals surface area contributed by atoms with Crippen LogP contribution in [0.25, 0.3) is 0 Å². The zero-order chi connectivity index (χ0) is 14.8. The first-order valence-electron chi connectivity index (χ1n) is 7.20. The molecule has 1 aliphatic carbocycles. The molecule has 0 saturated heterocycles. The van der Waals surface area contributed by atoms with E-state index in [1.54, 1.807) is 0 Å². The molecule has 4 heteroatoms. The largest absolute Gasteiger partial charge is 0.350 e. The number of carbonyl (C=O) groups excluding carboxylic acids is 1. The summed E-state index contributed by atoms with van der Waals surface area (Å²) in [5, 5.41) is 2.99. The zero-order valence-electron chi connectivity index (χ0n) is 12.6. The van der Waals surface area contributed by atoms with Gasteiger partial charge in [-0.3, -0.25) is 4.79 Å². The predicted molar refractivity (Wildman–Crippen MR) is 81.0 cm³/mol. The molecular weight excluding hydrogens is 250 g/mol. The molecule has 1 aromatic rings. The number of hydrogen-bond acceptors (Lipinski definition) is 3. The van der Waals surface area contributed by atoms with Gasteiger partial charge in [-0.25, -0.2) is 0 Å². The summed E-state index contributed by atoms with van der Waals surface area (Å²) in [5.41, 5.74) is 7.80. The van der Waals surface area contributed by atoms with Gasteiger partial charge < -0.3 is 16.0 Å². The summed E-state index contributed by atoms with van der Waals surface area (Å²) in [6.07, 6.45) is 2.13. The number of nitrogens with two attached hydrogens (primary N) is 1. The molecule has 0 bridgehead atoms. The fourth-order valence-electron chi connectivity index (χ4n) is 2.46. The first-order valence-corrected chi connectivity index (χ1v) is 7.20. The maximum atomic E-state index is 12.2. The standard InChI is InChI=1S/C16H25N3O/c1-16(17,14-8-9-14)15(20)18-10-12-6-4-5-7-13(12)11-19(2)3/h4-7,14H,8-11,17H2,1-3H3,(H,18,20). The maximum Gasteiger partial charge on any atom is 0.240 e. The second kappa shape index (κ2) is 5.94. The molecule has 0 heterocycles. The third-order valence-electron chi connectivity index (χ3n) is 3.96. The van der Waals surface area contributed by atoms with Crippen molar-refractivity contribution in [1.82, 2.24) is 10.2 Å². The van der Waals surface area contributed by atoms with Crippen LogP contribution in [0.2, 0.25) is 0 Å². The lowest BCUT2D eigenvalue weighted by molar-refractivity contribution is -0.126. The minimum Gasteiger partial charge on any atom is -0.350 e. The average molecular weight is 275 g/mol. The molecular formula is C16H25N3O. The Hall–Kier alpha value is -1.39. The number of benzene rings is 1. The normalized spacial score (nSPS) is 17.9. The van der Waals surface area contributed by atoms with Crippen molar-refractivity contribution in [3.63, 3.8) is 0 Å². The highest BCUT2D eigenvalue weighted by molar-refractivity contribution is 5.86. The average Bonchev–Trinajstić information content (AvgIpc) is 3.21. The highest BCUT2D eigenvalue weighted by Crippen LogP contribution is 2.38. The lowest BCUT2D eigenvalue weighted by Gasteiger charge is -2.23. The Morgan fingerprint density at radius 3 is 2.50 bits per heavy atom. The van der Waals surface area contributed by atoms with Gasteiger partial charge in [0.05, 0.1) is 5.54 Å². The predicted octanol–water partition coefficient (Wildman–Crippen LogP) is 1.49. The fourth-order valence-corrected chi connectivity index (χ4v) is 2.46. The van der Waals surface area contributed by atoms with Gasteiger partial charge in [-0.15, -0.1) is 0 Å². The number of rotatable bonds is 6. The van der Waals surface area contributed by atoms with Crippen LogP contribution in [0.3, 0.4) is 0 Å². The molecule has 1 saturated carbocycles. The smallest absolute Gasteiger partial charge is 0.240 e. The lowest BCUT2D eigenvalue weighted by Crippen LogP contribution is -2.53. The van der Waals surface area contributed by atoms with Crippen LogP contribution in [0.5, 0.6) is 0 Å². The van der Waals surface area contributed by atoms with Crippen LogP contribution in [0, 0.1) is 5.92 Å². The summed E-state index contributed by atoms with van der Waals surface area (Å²) < 4.78 is 0. The molecule has 3 N–H and O–H groups in total. The van der Waals surface area contributed by atoms with Crippen molar-refractivity contribution in [2.45, 2.75) is 38.4 Å². The van der Waals surface area contributed by atoms with Crippen molar-refractivity contribution in [3.8, 4) is 0 Å². The van der Waals surface area contributed by atoms with Gasteiger partial charge in [-0.05, 0) is 50.9 Å². The van der Waals surface area contributed by atoms with E-state index in [9.17, 15) is 4.79 Å². The summed E-state index contributed by atoms with van der Waals surface area (Å²) in [7, 11) is 4.08. The molecule has 1 aliphatic rings. The van der Waals surface area contributed by atoms with E-state index in [0.29, 0.717) is 12.5 Å². The Kier molecular flexibility index (Phi) is 4.45. The molecule has 0 aliphatic heterocycles. The van der Waals surface area contributed by atoms with Crippen molar-refractivity contribution in [3.05, 3.63) is 35.4 Å². The summed E-state index contributed by atoms with van der Waals surface area (Å²) in [6.45, 7) is 3.25. The monoisotopic (exact) mass is 275 g/mol. The summed E-state index contributed by atoms with van der Waals surface area (Å²) >= 11 is 0. The highest BCUT2D eigenvalue weighted by Gasteiger charge is 2.43. The van der Waals surface area contributed by atoms with Crippen molar-refractivity contribution in [2.24, 2.45) is 11.7 Å². The van der Waals surface area contributed by atoms with Gasteiger partial charge in [0.25, 0.3) is 0 Å². The van der Waals surface area contributed by atoms with Crippen molar-refractivity contribution in [2.75, 3.05) is 14.1 Å². The molecule has 1 amide bonds. The van der Waals surface area contributed by atoms with E-state index in [2.05, 4.69) is 22.3 Å². The lowest BCUT2D eigenvalue weighted by atomic mass is 9.96. The minimum atomic E-state index is -0.726. The van der Waals surface area contributed by atoms with Crippen molar-refractivity contribution < 1.29 is 4.79 Å². The van der Waals surface area contributed by atoms with Crippen LogP contribution >= 0.6 is 0 Å². The number of carbonyl (C=O) groups is 1. The van der Waals surface area contributed by atoms with Gasteiger partial charge in [0.15, 0.2) is 0 Å². The Morgan fingerprint density at radius 2 is 1.95 bits per heavy atom. The third kappa shape index (κ3) is 3.58. The molecule has 0 spiro atoms. The Labute approximate surface area is 121 Å². The summed E-state index contributed by atoms with van der Waals surface area (Å²) in [6, 6.07) is 8.19. The molecule has 1 unspecified atom stereocenters. The van der Waals surface area contributed by atoms with Gasteiger partial charge in [-0.1, -0.05) is 24.3 Å². The zero-order valence-corrected chi connectivity index (χ0v) is 12.6. The number of nitrogens with zero attached hydrogens (tertiary/aromatic N) is 1. The van der Waals surface area contributed by atoms with Crippen LogP contribution in [-0.2, 0) is 17.9 Å². The van der Waals surface area contributed by atoms with Gasteiger partial charge in [0.2, 0.25) is 5.91 Å². The molecule has 1 atom stereocenters. The van der Waals surface area contributed by atoms with Crippen molar-refractivity contribution in [1.29, 1.82) is 0 Å². The molecule has 1 fully saturated rings. The number of amides is 1. The summed E-state index contributed by atoms with van der Waals surface area (Å²) in [5.74, 6) is 0.305. The second-order valence-electron chi connectivity index (χ2n) is 6.25. The number of nitrogens with one attached hydrogen (secondary N) is 1. The Bertz CT molecular complexity index is 478. The SMILES string of the molecule is CN(C)Cc1ccccc1CNC(=O)C(C)(N)C1CC1. The van der Waals surface area contributed by atoms with Crippen LogP contribution < -0.4 is 11.1 Å². The minimum absolute atomic E-state index is 0.0420. The second-order valence-corrected chi connectivity index (χ2v) is 6.25. The Morgan fingerprint density at radius 1 is 1.35 bits per heavy atom. The molecule has 1 aromatic carbocycles. The topological polar surface area (TPSA) is 58.4 Å². The van der Waals surface area contributed by atoms with Crippen LogP contribution in [0.1, 0.15) is 30.9 Å². The van der Waals surface area contributed by atoms with Gasteiger partial charge in [-0.2, -0.15) is 0 Å². The van der Waals surface area contributed by atoms with E-state index in [0.717, 1.165) is 24.9 Å². The van der Waals surface area contributed by atoms with E-state index in [1.165, 1.54) is 5.56 Å². The van der Waals surface area contributed by atoms with E-state index in [-0.39, 0.29) is 5.91 Å². The Balaban J connectivity index is 1.98. The van der Waals surface area contributed by atoms with Gasteiger partial charge in [0.1, 0.15) is 0 Å². The summed E-state index contributed by atoms with van der Waals surface area (Å²) in [4.78, 5) is 14.3. The van der Waals surface area contributed by atoms with Gasteiger partial charge >= 0.3 is 0 Å². The van der Waals surface area contributed by atoms with Gasteiger partial charge in [0, 0.05) is 13.1 Å². The van der Waals surface area contributed by atoms with Crippen molar-refractivity contribution >= 4 is 5.91 Å². The van der Waals surface area contributed by atoms with E-state index < -0.39 is 5.54 Å². The molecule has 4 nitrogen and oxygen atoms in total. The third-order valence-corrected chi connectivity index (χ3v) is 3.96. The maximum absolute atomic E-state index is 12.2. The van der Waals surface area contributed by atoms with E-state index in [4.69, 9.17) is 5.73 Å². The molecule has 0 radical (unpaired) electrons. The fraction of sp³-hybridized carbons (Fsp3) is 0.562. The molecule has 2 rings (SSSR count). The van der Waals surface area contributed by atoms with Crippen LogP contribution in [0.15, 0.2) is 24.3 Å². The van der Waals surface area contributed by atoms with Crippen LogP contribution in [-0.4, -0.2) is 30.4 Å². The van der Waals surface area contributed by atoms with E-state index in [1.807, 2.05) is 33.2 Å². The van der Waals surface area contributed by atoms with E-state index >= 15 is 0 Å². The first kappa shape index (κ1) is 15.0. The highest BCUT2D eigenvalue weighted by atomic mass is 16.2.